The molecule has 0 fully saturated rings. The molecule has 0 saturated carbocycles. The summed E-state index contributed by atoms with van der Waals surface area (Å²) in [6, 6.07) is 13.0. The van der Waals surface area contributed by atoms with Crippen LogP contribution in [0.15, 0.2) is 47.4 Å². The summed E-state index contributed by atoms with van der Waals surface area (Å²) in [6.45, 7) is 3.10. The number of aromatic nitrogens is 2. The summed E-state index contributed by atoms with van der Waals surface area (Å²) in [5, 5.41) is 13.2. The Labute approximate surface area is 164 Å². The average Bonchev–Trinajstić information content (AvgIpc) is 2.82. The van der Waals surface area contributed by atoms with E-state index in [1.165, 1.54) is 0 Å². The smallest absolute Gasteiger partial charge is 0.228 e. The standard InChI is InChI=1S/C20H22N4O3S/c1-14-6-7-17-16(12-14)19(21-8-10-25)23-20(22-17)24-9-11-28(26,27)18-5-3-2-4-15(18)13-24/h2-7,12,25H,8-11,13H2,1H3,(H,21,22,23). The van der Waals surface area contributed by atoms with Gasteiger partial charge in [0.1, 0.15) is 5.82 Å². The number of nitrogens with zero attached hydrogens (tertiary/aromatic N) is 3. The lowest BCUT2D eigenvalue weighted by atomic mass is 10.1. The lowest BCUT2D eigenvalue weighted by Gasteiger charge is -2.22. The zero-order chi connectivity index (χ0) is 19.7. The van der Waals surface area contributed by atoms with Gasteiger partial charge in [0, 0.05) is 25.0 Å². The summed E-state index contributed by atoms with van der Waals surface area (Å²) in [4.78, 5) is 11.6. The van der Waals surface area contributed by atoms with Crippen molar-refractivity contribution >= 4 is 32.5 Å². The van der Waals surface area contributed by atoms with E-state index in [9.17, 15) is 13.5 Å². The van der Waals surface area contributed by atoms with Crippen LogP contribution in [-0.4, -0.2) is 48.9 Å². The van der Waals surface area contributed by atoms with Gasteiger partial charge in [0.25, 0.3) is 0 Å². The van der Waals surface area contributed by atoms with Crippen molar-refractivity contribution in [3.05, 3.63) is 53.6 Å². The number of hydrogen-bond acceptors (Lipinski definition) is 7. The second-order valence-electron chi connectivity index (χ2n) is 6.89. The van der Waals surface area contributed by atoms with Gasteiger partial charge >= 0.3 is 0 Å². The monoisotopic (exact) mass is 398 g/mol. The van der Waals surface area contributed by atoms with Gasteiger partial charge in [-0.1, -0.05) is 29.8 Å². The SMILES string of the molecule is Cc1ccc2nc(N3CCS(=O)(=O)c4ccccc4C3)nc(NCCO)c2c1. The maximum atomic E-state index is 12.6. The lowest BCUT2D eigenvalue weighted by Crippen LogP contribution is -2.27. The molecule has 0 spiro atoms. The molecule has 2 aromatic carbocycles. The quantitative estimate of drug-likeness (QED) is 0.695. The molecule has 0 radical (unpaired) electrons. The molecule has 0 amide bonds. The Morgan fingerprint density at radius 1 is 1.18 bits per heavy atom. The average molecular weight is 398 g/mol. The minimum absolute atomic E-state index is 0.0119. The number of aryl methyl sites for hydroxylation is 1. The fourth-order valence-corrected chi connectivity index (χ4v) is 4.91. The van der Waals surface area contributed by atoms with Gasteiger partial charge < -0.3 is 15.3 Å². The highest BCUT2D eigenvalue weighted by atomic mass is 32.2. The Hall–Kier alpha value is -2.71. The summed E-state index contributed by atoms with van der Waals surface area (Å²) in [6.07, 6.45) is 0. The molecule has 1 aliphatic heterocycles. The number of nitrogens with one attached hydrogen (secondary N) is 1. The number of fused-ring (bicyclic) bond motifs is 2. The normalized spacial score (nSPS) is 15.9. The topological polar surface area (TPSA) is 95.4 Å². The van der Waals surface area contributed by atoms with Crippen LogP contribution in [-0.2, 0) is 16.4 Å². The first-order valence-corrected chi connectivity index (χ1v) is 10.8. The molecular weight excluding hydrogens is 376 g/mol. The van der Waals surface area contributed by atoms with Crippen LogP contribution in [0.1, 0.15) is 11.1 Å². The van der Waals surface area contributed by atoms with Crippen molar-refractivity contribution in [2.75, 3.05) is 35.7 Å². The molecule has 28 heavy (non-hydrogen) atoms. The first-order valence-electron chi connectivity index (χ1n) is 9.17. The largest absolute Gasteiger partial charge is 0.395 e. The first kappa shape index (κ1) is 18.6. The fourth-order valence-electron chi connectivity index (χ4n) is 3.41. The molecule has 4 rings (SSSR count). The van der Waals surface area contributed by atoms with Crippen LogP contribution in [0, 0.1) is 6.92 Å². The Morgan fingerprint density at radius 2 is 2.00 bits per heavy atom. The summed E-state index contributed by atoms with van der Waals surface area (Å²) >= 11 is 0. The van der Waals surface area contributed by atoms with Crippen molar-refractivity contribution in [2.45, 2.75) is 18.4 Å². The van der Waals surface area contributed by atoms with E-state index in [1.54, 1.807) is 12.1 Å². The van der Waals surface area contributed by atoms with E-state index in [2.05, 4.69) is 15.3 Å². The summed E-state index contributed by atoms with van der Waals surface area (Å²) < 4.78 is 25.2. The molecule has 2 N–H and O–H groups in total. The van der Waals surface area contributed by atoms with Crippen LogP contribution in [0.2, 0.25) is 0 Å². The molecule has 8 heteroatoms. The van der Waals surface area contributed by atoms with Gasteiger partial charge in [-0.15, -0.1) is 0 Å². The Bertz CT molecular complexity index is 1130. The third kappa shape index (κ3) is 3.53. The van der Waals surface area contributed by atoms with Crippen LogP contribution in [0.4, 0.5) is 11.8 Å². The Kier molecular flexibility index (Phi) is 4.91. The second-order valence-corrected chi connectivity index (χ2v) is 8.97. The number of hydrogen-bond donors (Lipinski definition) is 2. The number of anilines is 2. The van der Waals surface area contributed by atoms with Crippen LogP contribution >= 0.6 is 0 Å². The summed E-state index contributed by atoms with van der Waals surface area (Å²) in [5.74, 6) is 1.13. The van der Waals surface area contributed by atoms with Gasteiger partial charge in [-0.3, -0.25) is 0 Å². The Morgan fingerprint density at radius 3 is 2.82 bits per heavy atom. The minimum atomic E-state index is -3.34. The molecule has 7 nitrogen and oxygen atoms in total. The lowest BCUT2D eigenvalue weighted by molar-refractivity contribution is 0.311. The molecule has 1 aliphatic rings. The van der Waals surface area contributed by atoms with Gasteiger partial charge in [0.05, 0.1) is 22.8 Å². The second kappa shape index (κ2) is 7.37. The molecule has 2 heterocycles. The predicted octanol–water partition coefficient (Wildman–Crippen LogP) is 2.14. The van der Waals surface area contributed by atoms with Gasteiger partial charge in [-0.05, 0) is 30.7 Å². The van der Waals surface area contributed by atoms with Gasteiger partial charge in [0.15, 0.2) is 9.84 Å². The highest BCUT2D eigenvalue weighted by molar-refractivity contribution is 7.91. The molecule has 0 unspecified atom stereocenters. The number of rotatable bonds is 4. The highest BCUT2D eigenvalue weighted by Gasteiger charge is 2.26. The molecule has 1 aromatic heterocycles. The summed E-state index contributed by atoms with van der Waals surface area (Å²) in [5.41, 5.74) is 2.61. The zero-order valence-corrected chi connectivity index (χ0v) is 16.4. The minimum Gasteiger partial charge on any atom is -0.395 e. The van der Waals surface area contributed by atoms with E-state index in [0.717, 1.165) is 22.0 Å². The van der Waals surface area contributed by atoms with Crippen LogP contribution in [0.25, 0.3) is 10.9 Å². The highest BCUT2D eigenvalue weighted by Crippen LogP contribution is 2.28. The van der Waals surface area contributed by atoms with E-state index in [-0.39, 0.29) is 12.4 Å². The molecule has 146 valence electrons. The predicted molar refractivity (Wildman–Crippen MR) is 109 cm³/mol. The molecule has 3 aromatic rings. The van der Waals surface area contributed by atoms with E-state index < -0.39 is 9.84 Å². The number of sulfone groups is 1. The Balaban J connectivity index is 1.80. The number of aliphatic hydroxyl groups excluding tert-OH is 1. The third-order valence-corrected chi connectivity index (χ3v) is 6.61. The van der Waals surface area contributed by atoms with Crippen molar-refractivity contribution in [2.24, 2.45) is 0 Å². The van der Waals surface area contributed by atoms with Crippen molar-refractivity contribution in [3.63, 3.8) is 0 Å². The van der Waals surface area contributed by atoms with Crippen molar-refractivity contribution < 1.29 is 13.5 Å². The van der Waals surface area contributed by atoms with Gasteiger partial charge in [-0.2, -0.15) is 4.98 Å². The maximum absolute atomic E-state index is 12.6. The summed E-state index contributed by atoms with van der Waals surface area (Å²) in [7, 11) is -3.34. The van der Waals surface area contributed by atoms with E-state index >= 15 is 0 Å². The molecule has 0 aliphatic carbocycles. The van der Waals surface area contributed by atoms with Crippen LogP contribution in [0.5, 0.6) is 0 Å². The maximum Gasteiger partial charge on any atom is 0.228 e. The van der Waals surface area contributed by atoms with Crippen LogP contribution < -0.4 is 10.2 Å². The zero-order valence-electron chi connectivity index (χ0n) is 15.6. The molecular formula is C20H22N4O3S. The number of aliphatic hydroxyl groups is 1. The third-order valence-electron chi connectivity index (χ3n) is 4.83. The van der Waals surface area contributed by atoms with E-state index in [4.69, 9.17) is 0 Å². The van der Waals surface area contributed by atoms with E-state index in [0.29, 0.717) is 36.3 Å². The van der Waals surface area contributed by atoms with Crippen LogP contribution in [0.3, 0.4) is 0 Å². The van der Waals surface area contributed by atoms with Crippen molar-refractivity contribution in [3.8, 4) is 0 Å². The molecule has 0 atom stereocenters. The first-order chi connectivity index (χ1) is 13.5. The number of benzene rings is 2. The molecule has 0 saturated heterocycles. The van der Waals surface area contributed by atoms with Crippen molar-refractivity contribution in [1.82, 2.24) is 9.97 Å². The fraction of sp³-hybridized carbons (Fsp3) is 0.300. The molecule has 0 bridgehead atoms. The van der Waals surface area contributed by atoms with Crippen molar-refractivity contribution in [1.29, 1.82) is 0 Å². The van der Waals surface area contributed by atoms with Gasteiger partial charge in [0.2, 0.25) is 5.95 Å². The van der Waals surface area contributed by atoms with E-state index in [1.807, 2.05) is 42.2 Å². The van der Waals surface area contributed by atoms with Gasteiger partial charge in [-0.25, -0.2) is 13.4 Å².